The third-order valence-electron chi connectivity index (χ3n) is 4.96. The molecule has 160 valence electrons. The van der Waals surface area contributed by atoms with Crippen molar-refractivity contribution in [3.8, 4) is 17.2 Å². The number of aromatic nitrogens is 6. The number of nitrogens with zero attached hydrogens (tertiary/aromatic N) is 6. The van der Waals surface area contributed by atoms with Crippen LogP contribution >= 0.6 is 12.6 Å². The van der Waals surface area contributed by atoms with E-state index in [0.29, 0.717) is 27.9 Å². The Morgan fingerprint density at radius 1 is 1.16 bits per heavy atom. The molecule has 1 aromatic carbocycles. The fourth-order valence-corrected chi connectivity index (χ4v) is 3.61. The molecule has 1 N–H and O–H groups in total. The van der Waals surface area contributed by atoms with Crippen molar-refractivity contribution in [1.29, 1.82) is 0 Å². The standard InChI is InChI=1S/C22H19N7O2S/c1-13(2)29-12-24-27-21(29)15-5-3-8-19(25-15)26-22(30)18-9-14-16(6-4-7-17(14)31-18)28-10-20(32)23-11-28/h3-13,32H,1-2H3,(H,25,26,30). The first-order valence-corrected chi connectivity index (χ1v) is 10.4. The Balaban J connectivity index is 1.44. The summed E-state index contributed by atoms with van der Waals surface area (Å²) in [5.74, 6) is 0.799. The first-order chi connectivity index (χ1) is 15.5. The number of hydrogen-bond acceptors (Lipinski definition) is 7. The topological polar surface area (TPSA) is 104 Å². The predicted molar refractivity (Wildman–Crippen MR) is 122 cm³/mol. The fourth-order valence-electron chi connectivity index (χ4n) is 3.44. The van der Waals surface area contributed by atoms with Gasteiger partial charge in [0.05, 0.1) is 5.69 Å². The summed E-state index contributed by atoms with van der Waals surface area (Å²) < 4.78 is 9.55. The summed E-state index contributed by atoms with van der Waals surface area (Å²) in [5.41, 5.74) is 2.05. The molecule has 0 radical (unpaired) electrons. The Kier molecular flexibility index (Phi) is 4.98. The minimum Gasteiger partial charge on any atom is -0.451 e. The van der Waals surface area contributed by atoms with Crippen molar-refractivity contribution >= 4 is 35.3 Å². The summed E-state index contributed by atoms with van der Waals surface area (Å²) in [7, 11) is 0. The van der Waals surface area contributed by atoms with Crippen LogP contribution in [0.1, 0.15) is 30.4 Å². The van der Waals surface area contributed by atoms with Gasteiger partial charge in [-0.1, -0.05) is 12.1 Å². The number of anilines is 1. The number of benzene rings is 1. The second-order valence-electron chi connectivity index (χ2n) is 7.46. The number of amides is 1. The van der Waals surface area contributed by atoms with Crippen LogP contribution < -0.4 is 5.32 Å². The summed E-state index contributed by atoms with van der Waals surface area (Å²) in [6.45, 7) is 4.07. The van der Waals surface area contributed by atoms with Crippen LogP contribution in [0, 0.1) is 0 Å². The van der Waals surface area contributed by atoms with E-state index in [1.54, 1.807) is 31.0 Å². The van der Waals surface area contributed by atoms with Gasteiger partial charge in [-0.15, -0.1) is 22.8 Å². The Labute approximate surface area is 188 Å². The lowest BCUT2D eigenvalue weighted by atomic mass is 10.2. The number of nitrogens with one attached hydrogen (secondary N) is 1. The van der Waals surface area contributed by atoms with Gasteiger partial charge in [-0.2, -0.15) is 0 Å². The summed E-state index contributed by atoms with van der Waals surface area (Å²) in [6.07, 6.45) is 5.11. The van der Waals surface area contributed by atoms with Crippen LogP contribution in [0.3, 0.4) is 0 Å². The van der Waals surface area contributed by atoms with E-state index >= 15 is 0 Å². The molecule has 4 heterocycles. The second kappa shape index (κ2) is 7.97. The Bertz CT molecular complexity index is 1430. The highest BCUT2D eigenvalue weighted by Crippen LogP contribution is 2.27. The van der Waals surface area contributed by atoms with Gasteiger partial charge in [0.1, 0.15) is 34.8 Å². The minimum absolute atomic E-state index is 0.177. The lowest BCUT2D eigenvalue weighted by Gasteiger charge is -2.10. The van der Waals surface area contributed by atoms with Crippen LogP contribution in [0.2, 0.25) is 0 Å². The van der Waals surface area contributed by atoms with Crippen LogP contribution in [-0.4, -0.2) is 35.2 Å². The largest absolute Gasteiger partial charge is 0.451 e. The maximum Gasteiger partial charge on any atom is 0.292 e. The summed E-state index contributed by atoms with van der Waals surface area (Å²) in [4.78, 5) is 21.6. The monoisotopic (exact) mass is 445 g/mol. The first-order valence-electron chi connectivity index (χ1n) is 9.94. The van der Waals surface area contributed by atoms with Crippen LogP contribution in [-0.2, 0) is 0 Å². The molecule has 5 aromatic rings. The van der Waals surface area contributed by atoms with Gasteiger partial charge >= 0.3 is 0 Å². The second-order valence-corrected chi connectivity index (χ2v) is 7.91. The van der Waals surface area contributed by atoms with Gasteiger partial charge in [0.15, 0.2) is 11.6 Å². The molecular formula is C22H19N7O2S. The molecule has 0 aliphatic heterocycles. The molecule has 0 unspecified atom stereocenters. The zero-order valence-electron chi connectivity index (χ0n) is 17.3. The van der Waals surface area contributed by atoms with Crippen molar-refractivity contribution in [2.24, 2.45) is 0 Å². The molecule has 0 aliphatic carbocycles. The van der Waals surface area contributed by atoms with Gasteiger partial charge in [-0.05, 0) is 44.2 Å². The fraction of sp³-hybridized carbons (Fsp3) is 0.136. The zero-order chi connectivity index (χ0) is 22.2. The van der Waals surface area contributed by atoms with E-state index in [1.165, 1.54) is 0 Å². The van der Waals surface area contributed by atoms with E-state index in [2.05, 4.69) is 38.1 Å². The van der Waals surface area contributed by atoms with Crippen LogP contribution in [0.25, 0.3) is 28.2 Å². The third kappa shape index (κ3) is 3.65. The van der Waals surface area contributed by atoms with Crippen LogP contribution in [0.4, 0.5) is 5.82 Å². The molecule has 0 saturated heterocycles. The van der Waals surface area contributed by atoms with Crippen molar-refractivity contribution in [3.63, 3.8) is 0 Å². The number of rotatable bonds is 5. The lowest BCUT2D eigenvalue weighted by molar-refractivity contribution is 0.0998. The van der Waals surface area contributed by atoms with Crippen molar-refractivity contribution in [2.75, 3.05) is 5.32 Å². The van der Waals surface area contributed by atoms with Gasteiger partial charge in [0.25, 0.3) is 5.91 Å². The van der Waals surface area contributed by atoms with Crippen LogP contribution in [0.5, 0.6) is 0 Å². The lowest BCUT2D eigenvalue weighted by Crippen LogP contribution is -2.12. The zero-order valence-corrected chi connectivity index (χ0v) is 18.2. The van der Waals surface area contributed by atoms with E-state index in [9.17, 15) is 4.79 Å². The maximum atomic E-state index is 12.9. The molecule has 1 amide bonds. The van der Waals surface area contributed by atoms with Gasteiger partial charge in [0.2, 0.25) is 0 Å². The van der Waals surface area contributed by atoms with Gasteiger partial charge in [-0.3, -0.25) is 4.79 Å². The predicted octanol–water partition coefficient (Wildman–Crippen LogP) is 4.39. The third-order valence-corrected chi connectivity index (χ3v) is 5.19. The van der Waals surface area contributed by atoms with Crippen LogP contribution in [0.15, 0.2) is 70.8 Å². The van der Waals surface area contributed by atoms with Crippen molar-refractivity contribution in [3.05, 3.63) is 67.1 Å². The highest BCUT2D eigenvalue weighted by molar-refractivity contribution is 7.80. The summed E-state index contributed by atoms with van der Waals surface area (Å²) in [6, 6.07) is 12.8. The van der Waals surface area contributed by atoms with Gasteiger partial charge < -0.3 is 18.9 Å². The maximum absolute atomic E-state index is 12.9. The molecule has 32 heavy (non-hydrogen) atoms. The van der Waals surface area contributed by atoms with Crippen molar-refractivity contribution in [1.82, 2.24) is 29.3 Å². The quantitative estimate of drug-likeness (QED) is 0.389. The number of carbonyl (C=O) groups excluding carboxylic acids is 1. The van der Waals surface area contributed by atoms with E-state index < -0.39 is 5.91 Å². The van der Waals surface area contributed by atoms with E-state index in [0.717, 1.165) is 11.1 Å². The molecule has 0 fully saturated rings. The molecule has 0 aliphatic rings. The molecule has 0 bridgehead atoms. The number of imidazole rings is 1. The Morgan fingerprint density at radius 3 is 2.78 bits per heavy atom. The molecule has 9 nitrogen and oxygen atoms in total. The average Bonchev–Trinajstić information content (AvgIpc) is 3.52. The molecule has 0 saturated carbocycles. The van der Waals surface area contributed by atoms with Crippen molar-refractivity contribution < 1.29 is 9.21 Å². The molecule has 4 aromatic heterocycles. The Hall–Kier alpha value is -3.92. The number of furan rings is 1. The number of thiol groups is 1. The van der Waals surface area contributed by atoms with E-state index in [-0.39, 0.29) is 11.8 Å². The van der Waals surface area contributed by atoms with Gasteiger partial charge in [0, 0.05) is 17.6 Å². The number of hydrogen-bond donors (Lipinski definition) is 2. The average molecular weight is 446 g/mol. The molecule has 10 heteroatoms. The molecular weight excluding hydrogens is 426 g/mol. The highest BCUT2D eigenvalue weighted by Gasteiger charge is 2.17. The van der Waals surface area contributed by atoms with Gasteiger partial charge in [-0.25, -0.2) is 9.97 Å². The SMILES string of the molecule is CC(C)n1cnnc1-c1cccc(NC(=O)c2cc3c(-n4cnc(S)c4)cccc3o2)n1. The highest BCUT2D eigenvalue weighted by atomic mass is 32.1. The summed E-state index contributed by atoms with van der Waals surface area (Å²) in [5, 5.41) is 12.3. The number of fused-ring (bicyclic) bond motifs is 1. The first kappa shape index (κ1) is 20.0. The molecule has 0 spiro atoms. The minimum atomic E-state index is -0.400. The molecule has 5 rings (SSSR count). The van der Waals surface area contributed by atoms with E-state index in [1.807, 2.05) is 53.3 Å². The van der Waals surface area contributed by atoms with E-state index in [4.69, 9.17) is 4.42 Å². The smallest absolute Gasteiger partial charge is 0.292 e. The Morgan fingerprint density at radius 2 is 2.00 bits per heavy atom. The summed E-state index contributed by atoms with van der Waals surface area (Å²) >= 11 is 4.25. The van der Waals surface area contributed by atoms with Crippen molar-refractivity contribution in [2.45, 2.75) is 24.9 Å². The molecule has 0 atom stereocenters. The normalized spacial score (nSPS) is 11.4. The number of pyridine rings is 1. The number of carbonyl (C=O) groups is 1.